The van der Waals surface area contributed by atoms with E-state index in [2.05, 4.69) is 10.5 Å². The van der Waals surface area contributed by atoms with Crippen molar-refractivity contribution >= 4 is 34.9 Å². The van der Waals surface area contributed by atoms with Gasteiger partial charge in [-0.15, -0.1) is 0 Å². The lowest BCUT2D eigenvalue weighted by molar-refractivity contribution is -0.393. The number of anilines is 1. The number of hydrogen-bond acceptors (Lipinski definition) is 8. The molecule has 0 saturated heterocycles. The van der Waals surface area contributed by atoms with Crippen LogP contribution in [-0.4, -0.2) is 23.2 Å². The molecule has 10 nitrogen and oxygen atoms in total. The van der Waals surface area contributed by atoms with Crippen LogP contribution in [0.3, 0.4) is 0 Å². The van der Waals surface area contributed by atoms with Crippen molar-refractivity contribution in [2.45, 2.75) is 6.61 Å². The first-order valence-corrected chi connectivity index (χ1v) is 9.53. The fraction of sp³-hybridized carbons (Fsp3) is 0.0952. The number of methoxy groups -OCH3 is 1. The summed E-state index contributed by atoms with van der Waals surface area (Å²) in [7, 11) is 1.50. The minimum Gasteiger partial charge on any atom is -0.493 e. The number of hydrogen-bond donors (Lipinski definition) is 1. The second kappa shape index (κ2) is 10.2. The van der Waals surface area contributed by atoms with E-state index in [0.29, 0.717) is 22.1 Å². The van der Waals surface area contributed by atoms with E-state index in [1.54, 1.807) is 30.3 Å². The van der Waals surface area contributed by atoms with Crippen LogP contribution in [-0.2, 0) is 6.61 Å². The molecule has 3 aromatic rings. The Morgan fingerprint density at radius 2 is 1.84 bits per heavy atom. The van der Waals surface area contributed by atoms with Crippen LogP contribution in [0.5, 0.6) is 11.5 Å². The summed E-state index contributed by atoms with van der Waals surface area (Å²) in [6, 6.07) is 15.6. The summed E-state index contributed by atoms with van der Waals surface area (Å²) in [6.45, 7) is 0.225. The molecule has 0 aliphatic rings. The molecule has 0 saturated carbocycles. The second-order valence-electron chi connectivity index (χ2n) is 6.38. The average Bonchev–Trinajstić information content (AvgIpc) is 2.77. The molecule has 32 heavy (non-hydrogen) atoms. The van der Waals surface area contributed by atoms with E-state index in [1.165, 1.54) is 19.4 Å². The van der Waals surface area contributed by atoms with Crippen LogP contribution >= 0.6 is 11.6 Å². The van der Waals surface area contributed by atoms with Crippen molar-refractivity contribution in [1.29, 1.82) is 0 Å². The van der Waals surface area contributed by atoms with Gasteiger partial charge in [0.2, 0.25) is 0 Å². The van der Waals surface area contributed by atoms with Crippen LogP contribution in [0.15, 0.2) is 65.8 Å². The summed E-state index contributed by atoms with van der Waals surface area (Å²) >= 11 is 6.01. The average molecular weight is 457 g/mol. The van der Waals surface area contributed by atoms with Crippen LogP contribution < -0.4 is 14.9 Å². The lowest BCUT2D eigenvalue weighted by atomic mass is 10.2. The van der Waals surface area contributed by atoms with Crippen molar-refractivity contribution in [3.8, 4) is 11.5 Å². The highest BCUT2D eigenvalue weighted by Crippen LogP contribution is 2.32. The molecule has 0 fully saturated rings. The van der Waals surface area contributed by atoms with E-state index in [0.717, 1.165) is 17.7 Å². The fourth-order valence-electron chi connectivity index (χ4n) is 2.78. The van der Waals surface area contributed by atoms with Gasteiger partial charge in [0.15, 0.2) is 11.5 Å². The second-order valence-corrected chi connectivity index (χ2v) is 6.82. The highest BCUT2D eigenvalue weighted by molar-refractivity contribution is 6.30. The molecule has 0 heterocycles. The number of nitrogens with zero attached hydrogens (tertiary/aromatic N) is 3. The first kappa shape index (κ1) is 22.5. The Labute approximate surface area is 187 Å². The fourth-order valence-corrected chi connectivity index (χ4v) is 3.00. The quantitative estimate of drug-likeness (QED) is 0.266. The summed E-state index contributed by atoms with van der Waals surface area (Å²) < 4.78 is 11.3. The molecule has 1 N–H and O–H groups in total. The van der Waals surface area contributed by atoms with E-state index in [-0.39, 0.29) is 12.3 Å². The van der Waals surface area contributed by atoms with Crippen molar-refractivity contribution in [2.24, 2.45) is 5.10 Å². The zero-order valence-corrected chi connectivity index (χ0v) is 17.5. The Morgan fingerprint density at radius 3 is 2.53 bits per heavy atom. The number of para-hydroxylation sites is 1. The topological polar surface area (TPSA) is 129 Å². The van der Waals surface area contributed by atoms with E-state index in [1.807, 2.05) is 12.1 Å². The third-order valence-electron chi connectivity index (χ3n) is 4.28. The molecule has 3 rings (SSSR count). The summed E-state index contributed by atoms with van der Waals surface area (Å²) in [5, 5.41) is 26.7. The number of halogens is 1. The maximum atomic E-state index is 11.3. The Hall–Kier alpha value is -4.18. The largest absolute Gasteiger partial charge is 0.493 e. The number of non-ortho nitro benzene ring substituents is 1. The van der Waals surface area contributed by atoms with Crippen molar-refractivity contribution in [2.75, 3.05) is 12.5 Å². The minimum atomic E-state index is -0.726. The Bertz CT molecular complexity index is 1180. The summed E-state index contributed by atoms with van der Waals surface area (Å²) in [4.78, 5) is 20.7. The van der Waals surface area contributed by atoms with Gasteiger partial charge in [0.05, 0.1) is 29.2 Å². The van der Waals surface area contributed by atoms with Gasteiger partial charge in [0.1, 0.15) is 12.3 Å². The van der Waals surface area contributed by atoms with Gasteiger partial charge >= 0.3 is 5.69 Å². The molecule has 0 amide bonds. The third kappa shape index (κ3) is 5.49. The van der Waals surface area contributed by atoms with Crippen molar-refractivity contribution in [3.05, 3.63) is 97.0 Å². The monoisotopic (exact) mass is 456 g/mol. The maximum absolute atomic E-state index is 11.3. The van der Waals surface area contributed by atoms with Crippen LogP contribution in [0.2, 0.25) is 5.02 Å². The first-order chi connectivity index (χ1) is 15.4. The van der Waals surface area contributed by atoms with E-state index in [9.17, 15) is 20.2 Å². The normalized spacial score (nSPS) is 10.7. The molecule has 164 valence electrons. The van der Waals surface area contributed by atoms with E-state index < -0.39 is 21.2 Å². The Morgan fingerprint density at radius 1 is 1.06 bits per heavy atom. The van der Waals surface area contributed by atoms with Crippen LogP contribution in [0.4, 0.5) is 17.1 Å². The van der Waals surface area contributed by atoms with Gasteiger partial charge in [-0.3, -0.25) is 25.7 Å². The lowest BCUT2D eigenvalue weighted by Crippen LogP contribution is -2.02. The van der Waals surface area contributed by atoms with Gasteiger partial charge in [-0.05, 0) is 35.9 Å². The molecule has 11 heteroatoms. The molecule has 0 aliphatic heterocycles. The minimum absolute atomic E-state index is 0.00106. The van der Waals surface area contributed by atoms with Crippen molar-refractivity contribution < 1.29 is 19.3 Å². The summed E-state index contributed by atoms with van der Waals surface area (Å²) in [5.74, 6) is 0.885. The van der Waals surface area contributed by atoms with Crippen LogP contribution in [0.25, 0.3) is 0 Å². The third-order valence-corrected chi connectivity index (χ3v) is 4.51. The molecule has 0 radical (unpaired) electrons. The van der Waals surface area contributed by atoms with Gasteiger partial charge in [-0.1, -0.05) is 29.8 Å². The molecule has 0 aliphatic carbocycles. The molecular weight excluding hydrogens is 440 g/mol. The molecular formula is C21H17ClN4O6. The summed E-state index contributed by atoms with van der Waals surface area (Å²) in [6.07, 6.45) is 1.40. The van der Waals surface area contributed by atoms with Gasteiger partial charge in [-0.2, -0.15) is 5.10 Å². The number of hydrazone groups is 1. The summed E-state index contributed by atoms with van der Waals surface area (Å²) in [5.41, 5.74) is 3.08. The number of nitro groups is 2. The SMILES string of the molecule is COc1cccc(/C=N\Nc2ccc([N+](=O)[O-])cc2[N+](=O)[O-])c1OCc1cccc(Cl)c1. The number of ether oxygens (including phenoxy) is 2. The Kier molecular flexibility index (Phi) is 7.19. The van der Waals surface area contributed by atoms with E-state index >= 15 is 0 Å². The number of benzene rings is 3. The first-order valence-electron chi connectivity index (χ1n) is 9.15. The molecule has 0 aromatic heterocycles. The smallest absolute Gasteiger partial charge is 0.301 e. The zero-order chi connectivity index (χ0) is 23.1. The van der Waals surface area contributed by atoms with Crippen molar-refractivity contribution in [3.63, 3.8) is 0 Å². The predicted octanol–water partition coefficient (Wildman–Crippen LogP) is 5.19. The van der Waals surface area contributed by atoms with Gasteiger partial charge in [0.25, 0.3) is 5.69 Å². The van der Waals surface area contributed by atoms with Gasteiger partial charge < -0.3 is 9.47 Å². The zero-order valence-electron chi connectivity index (χ0n) is 16.7. The molecule has 0 unspecified atom stereocenters. The van der Waals surface area contributed by atoms with Crippen molar-refractivity contribution in [1.82, 2.24) is 0 Å². The van der Waals surface area contributed by atoms with Gasteiger partial charge in [0, 0.05) is 16.7 Å². The van der Waals surface area contributed by atoms with Crippen LogP contribution in [0.1, 0.15) is 11.1 Å². The number of rotatable bonds is 9. The standard InChI is InChI=1S/C21H17ClN4O6/c1-31-20-7-3-5-15(21(20)32-13-14-4-2-6-16(22)10-14)12-23-24-18-9-8-17(25(27)28)11-19(18)26(29)30/h2-12,24H,13H2,1H3/b23-12-. The molecule has 0 spiro atoms. The molecule has 3 aromatic carbocycles. The molecule has 0 bridgehead atoms. The highest BCUT2D eigenvalue weighted by atomic mass is 35.5. The van der Waals surface area contributed by atoms with Gasteiger partial charge in [-0.25, -0.2) is 0 Å². The molecule has 0 atom stereocenters. The highest BCUT2D eigenvalue weighted by Gasteiger charge is 2.19. The maximum Gasteiger partial charge on any atom is 0.301 e. The number of nitrogens with one attached hydrogen (secondary N) is 1. The van der Waals surface area contributed by atoms with Crippen LogP contribution in [0, 0.1) is 20.2 Å². The lowest BCUT2D eigenvalue weighted by Gasteiger charge is -2.13. The predicted molar refractivity (Wildman–Crippen MR) is 120 cm³/mol. The Balaban J connectivity index is 1.83. The van der Waals surface area contributed by atoms with E-state index in [4.69, 9.17) is 21.1 Å². The number of nitro benzene ring substituents is 2.